The van der Waals surface area contributed by atoms with Gasteiger partial charge in [-0.3, -0.25) is 0 Å². The van der Waals surface area contributed by atoms with Crippen molar-refractivity contribution in [3.63, 3.8) is 0 Å². The highest BCUT2D eigenvalue weighted by Crippen LogP contribution is 2.27. The van der Waals surface area contributed by atoms with Crippen molar-refractivity contribution in [1.29, 1.82) is 0 Å². The average molecular weight is 417 g/mol. The highest BCUT2D eigenvalue weighted by molar-refractivity contribution is 7.92. The Morgan fingerprint density at radius 2 is 1.43 bits per heavy atom. The van der Waals surface area contributed by atoms with Crippen molar-refractivity contribution in [2.24, 2.45) is 0 Å². The number of hydrogen-bond donors (Lipinski definition) is 1. The molecule has 30 heavy (non-hydrogen) atoms. The molecular formula is C23H19N3O3S. The number of nitrogens with one attached hydrogen (secondary N) is 1. The van der Waals surface area contributed by atoms with Gasteiger partial charge in [0.05, 0.1) is 10.6 Å². The van der Waals surface area contributed by atoms with Crippen LogP contribution in [0, 0.1) is 6.92 Å². The van der Waals surface area contributed by atoms with E-state index >= 15 is 0 Å². The number of ether oxygens (including phenoxy) is 1. The molecule has 0 saturated carbocycles. The molecule has 0 aliphatic carbocycles. The van der Waals surface area contributed by atoms with Gasteiger partial charge in [0, 0.05) is 11.6 Å². The first kappa shape index (κ1) is 19.6. The molecule has 3 aromatic carbocycles. The summed E-state index contributed by atoms with van der Waals surface area (Å²) in [6.45, 7) is 1.98. The molecule has 6 nitrogen and oxygen atoms in total. The first-order valence-corrected chi connectivity index (χ1v) is 10.7. The Labute approximate surface area is 175 Å². The van der Waals surface area contributed by atoms with Crippen LogP contribution in [0.4, 0.5) is 5.95 Å². The van der Waals surface area contributed by atoms with Gasteiger partial charge in [-0.1, -0.05) is 66.2 Å². The largest absolute Gasteiger partial charge is 0.439 e. The second kappa shape index (κ2) is 8.34. The highest BCUT2D eigenvalue weighted by Gasteiger charge is 2.17. The van der Waals surface area contributed by atoms with Gasteiger partial charge in [-0.15, -0.1) is 0 Å². The molecule has 0 amide bonds. The Balaban J connectivity index is 1.73. The van der Waals surface area contributed by atoms with Crippen molar-refractivity contribution in [2.45, 2.75) is 11.8 Å². The first-order valence-electron chi connectivity index (χ1n) is 9.26. The lowest BCUT2D eigenvalue weighted by atomic mass is 10.1. The predicted molar refractivity (Wildman–Crippen MR) is 116 cm³/mol. The lowest BCUT2D eigenvalue weighted by molar-refractivity contribution is 0.463. The zero-order valence-electron chi connectivity index (χ0n) is 16.2. The van der Waals surface area contributed by atoms with Gasteiger partial charge >= 0.3 is 0 Å². The second-order valence-corrected chi connectivity index (χ2v) is 8.30. The van der Waals surface area contributed by atoms with E-state index in [2.05, 4.69) is 14.7 Å². The van der Waals surface area contributed by atoms with Crippen molar-refractivity contribution < 1.29 is 13.2 Å². The van der Waals surface area contributed by atoms with Crippen molar-refractivity contribution in [2.75, 3.05) is 4.72 Å². The van der Waals surface area contributed by atoms with Crippen molar-refractivity contribution >= 4 is 16.0 Å². The molecule has 0 aliphatic rings. The Kier molecular flexibility index (Phi) is 5.45. The summed E-state index contributed by atoms with van der Waals surface area (Å²) in [5, 5.41) is 0. The average Bonchev–Trinajstić information content (AvgIpc) is 2.76. The molecule has 0 fully saturated rings. The van der Waals surface area contributed by atoms with Crippen LogP contribution >= 0.6 is 0 Å². The molecule has 0 aliphatic heterocycles. The maximum atomic E-state index is 12.7. The van der Waals surface area contributed by atoms with E-state index in [9.17, 15) is 8.42 Å². The van der Waals surface area contributed by atoms with Gasteiger partial charge in [0.15, 0.2) is 0 Å². The van der Waals surface area contributed by atoms with Gasteiger partial charge in [-0.25, -0.2) is 18.1 Å². The molecule has 0 spiro atoms. The maximum Gasteiger partial charge on any atom is 0.264 e. The molecular weight excluding hydrogens is 398 g/mol. The monoisotopic (exact) mass is 417 g/mol. The van der Waals surface area contributed by atoms with E-state index in [0.717, 1.165) is 11.1 Å². The lowest BCUT2D eigenvalue weighted by Crippen LogP contribution is -2.15. The van der Waals surface area contributed by atoms with E-state index in [-0.39, 0.29) is 16.7 Å². The van der Waals surface area contributed by atoms with Crippen molar-refractivity contribution in [1.82, 2.24) is 9.97 Å². The number of aryl methyl sites for hydroxylation is 1. The summed E-state index contributed by atoms with van der Waals surface area (Å²) in [7, 11) is -3.84. The summed E-state index contributed by atoms with van der Waals surface area (Å²) in [4.78, 5) is 8.78. The van der Waals surface area contributed by atoms with E-state index in [4.69, 9.17) is 4.74 Å². The third-order valence-electron chi connectivity index (χ3n) is 4.29. The van der Waals surface area contributed by atoms with E-state index in [1.54, 1.807) is 24.3 Å². The van der Waals surface area contributed by atoms with Crippen LogP contribution in [-0.2, 0) is 10.0 Å². The smallest absolute Gasteiger partial charge is 0.264 e. The molecule has 150 valence electrons. The van der Waals surface area contributed by atoms with Crippen LogP contribution in [0.15, 0.2) is 95.9 Å². The SMILES string of the molecule is Cc1ccc(Oc2cc(-c3ccccc3)nc(NS(=O)(=O)c3ccccc3)n2)cc1. The van der Waals surface area contributed by atoms with Gasteiger partial charge in [0.25, 0.3) is 10.0 Å². The van der Waals surface area contributed by atoms with Crippen LogP contribution in [0.1, 0.15) is 5.56 Å². The summed E-state index contributed by atoms with van der Waals surface area (Å²) in [5.41, 5.74) is 2.46. The Bertz CT molecular complexity index is 1240. The van der Waals surface area contributed by atoms with Crippen LogP contribution in [-0.4, -0.2) is 18.4 Å². The number of benzene rings is 3. The minimum atomic E-state index is -3.84. The topological polar surface area (TPSA) is 81.2 Å². The second-order valence-electron chi connectivity index (χ2n) is 6.61. The van der Waals surface area contributed by atoms with E-state index in [1.165, 1.54) is 12.1 Å². The Hall–Kier alpha value is -3.71. The summed E-state index contributed by atoms with van der Waals surface area (Å²) >= 11 is 0. The summed E-state index contributed by atoms with van der Waals surface area (Å²) in [5.74, 6) is 0.760. The molecule has 4 aromatic rings. The summed E-state index contributed by atoms with van der Waals surface area (Å²) in [6, 6.07) is 26.7. The molecule has 0 radical (unpaired) electrons. The molecule has 1 N–H and O–H groups in total. The molecule has 0 saturated heterocycles. The first-order chi connectivity index (χ1) is 14.5. The minimum absolute atomic E-state index is 0.0673. The van der Waals surface area contributed by atoms with Gasteiger partial charge in [-0.2, -0.15) is 4.98 Å². The van der Waals surface area contributed by atoms with Crippen molar-refractivity contribution in [3.05, 3.63) is 96.6 Å². The third-order valence-corrected chi connectivity index (χ3v) is 5.64. The molecule has 0 unspecified atom stereocenters. The zero-order valence-corrected chi connectivity index (χ0v) is 17.0. The van der Waals surface area contributed by atoms with Gasteiger partial charge < -0.3 is 4.74 Å². The molecule has 1 aromatic heterocycles. The van der Waals surface area contributed by atoms with Crippen LogP contribution in [0.5, 0.6) is 11.6 Å². The van der Waals surface area contributed by atoms with E-state index < -0.39 is 10.0 Å². The lowest BCUT2D eigenvalue weighted by Gasteiger charge is -2.11. The van der Waals surface area contributed by atoms with Gasteiger partial charge in [0.1, 0.15) is 5.75 Å². The maximum absolute atomic E-state index is 12.7. The molecule has 4 rings (SSSR count). The minimum Gasteiger partial charge on any atom is -0.439 e. The number of hydrogen-bond acceptors (Lipinski definition) is 5. The summed E-state index contributed by atoms with van der Waals surface area (Å²) < 4.78 is 33.8. The van der Waals surface area contributed by atoms with Gasteiger partial charge in [-0.05, 0) is 31.2 Å². The van der Waals surface area contributed by atoms with Crippen molar-refractivity contribution in [3.8, 4) is 22.9 Å². The van der Waals surface area contributed by atoms with Crippen LogP contribution < -0.4 is 9.46 Å². The quantitative estimate of drug-likeness (QED) is 0.475. The van der Waals surface area contributed by atoms with Crippen LogP contribution in [0.3, 0.4) is 0 Å². The Morgan fingerprint density at radius 3 is 2.10 bits per heavy atom. The number of sulfonamides is 1. The third kappa shape index (κ3) is 4.64. The normalized spacial score (nSPS) is 11.1. The fourth-order valence-corrected chi connectivity index (χ4v) is 3.75. The highest BCUT2D eigenvalue weighted by atomic mass is 32.2. The van der Waals surface area contributed by atoms with Gasteiger partial charge in [0.2, 0.25) is 11.8 Å². The van der Waals surface area contributed by atoms with E-state index in [0.29, 0.717) is 11.4 Å². The number of rotatable bonds is 6. The zero-order chi connectivity index (χ0) is 21.0. The van der Waals surface area contributed by atoms with E-state index in [1.807, 2.05) is 61.5 Å². The summed E-state index contributed by atoms with van der Waals surface area (Å²) in [6.07, 6.45) is 0. The standard InChI is InChI=1S/C23H19N3O3S/c1-17-12-14-19(15-13-17)29-22-16-21(18-8-4-2-5-9-18)24-23(25-22)26-30(27,28)20-10-6-3-7-11-20/h2-16H,1H3,(H,24,25,26). The molecule has 0 atom stereocenters. The number of aromatic nitrogens is 2. The van der Waals surface area contributed by atoms with Crippen LogP contribution in [0.25, 0.3) is 11.3 Å². The predicted octanol–water partition coefficient (Wildman–Crippen LogP) is 5.05. The molecule has 1 heterocycles. The Morgan fingerprint density at radius 1 is 0.800 bits per heavy atom. The van der Waals surface area contributed by atoms with Crippen LogP contribution in [0.2, 0.25) is 0 Å². The number of anilines is 1. The fraction of sp³-hybridized carbons (Fsp3) is 0.0435. The molecule has 7 heteroatoms. The molecule has 0 bridgehead atoms. The number of nitrogens with zero attached hydrogens (tertiary/aromatic N) is 2. The fourth-order valence-electron chi connectivity index (χ4n) is 2.79.